The third-order valence-corrected chi connectivity index (χ3v) is 2.67. The molecule has 94 valence electrons. The molecule has 0 saturated carbocycles. The lowest BCUT2D eigenvalue weighted by Crippen LogP contribution is -2.41. The quantitative estimate of drug-likeness (QED) is 0.813. The van der Waals surface area contributed by atoms with Crippen LogP contribution in [-0.4, -0.2) is 17.1 Å². The van der Waals surface area contributed by atoms with Crippen LogP contribution in [0.25, 0.3) is 0 Å². The van der Waals surface area contributed by atoms with E-state index in [9.17, 15) is 0 Å². The van der Waals surface area contributed by atoms with Crippen molar-refractivity contribution >= 4 is 5.69 Å². The van der Waals surface area contributed by atoms with Crippen LogP contribution in [0.5, 0.6) is 0 Å². The summed E-state index contributed by atoms with van der Waals surface area (Å²) in [5.41, 5.74) is 7.86. The van der Waals surface area contributed by atoms with Crippen molar-refractivity contribution in [2.24, 2.45) is 5.73 Å². The van der Waals surface area contributed by atoms with Gasteiger partial charge in [0.2, 0.25) is 0 Å². The molecule has 0 amide bonds. The molecule has 0 bridgehead atoms. The van der Waals surface area contributed by atoms with Crippen LogP contribution in [0.1, 0.15) is 39.4 Å². The Morgan fingerprint density at radius 2 is 2.12 bits per heavy atom. The van der Waals surface area contributed by atoms with Gasteiger partial charge in [-0.25, -0.2) is 0 Å². The zero-order chi connectivity index (χ0) is 13.1. The van der Waals surface area contributed by atoms with Gasteiger partial charge in [-0.3, -0.25) is 4.98 Å². The van der Waals surface area contributed by atoms with E-state index in [1.807, 2.05) is 25.3 Å². The lowest BCUT2D eigenvalue weighted by molar-refractivity contribution is 0.521. The van der Waals surface area contributed by atoms with Crippen molar-refractivity contribution in [2.75, 3.05) is 11.4 Å². The lowest BCUT2D eigenvalue weighted by Gasteiger charge is -2.36. The van der Waals surface area contributed by atoms with Crippen molar-refractivity contribution in [1.82, 2.24) is 4.98 Å². The average molecular weight is 233 g/mol. The fourth-order valence-corrected chi connectivity index (χ4v) is 1.72. The lowest BCUT2D eigenvalue weighted by atomic mass is 10.0. The Hall–Kier alpha value is -1.35. The van der Waals surface area contributed by atoms with Gasteiger partial charge >= 0.3 is 0 Å². The summed E-state index contributed by atoms with van der Waals surface area (Å²) in [4.78, 5) is 6.66. The van der Waals surface area contributed by atoms with Crippen LogP contribution in [0.4, 0.5) is 5.69 Å². The maximum atomic E-state index is 5.79. The third kappa shape index (κ3) is 3.56. The van der Waals surface area contributed by atoms with Crippen LogP contribution in [0, 0.1) is 0 Å². The van der Waals surface area contributed by atoms with Gasteiger partial charge in [-0.2, -0.15) is 0 Å². The molecule has 3 nitrogen and oxygen atoms in total. The molecule has 0 unspecified atom stereocenters. The van der Waals surface area contributed by atoms with Crippen molar-refractivity contribution in [3.05, 3.63) is 36.7 Å². The molecule has 1 rings (SSSR count). The highest BCUT2D eigenvalue weighted by Crippen LogP contribution is 2.23. The van der Waals surface area contributed by atoms with Gasteiger partial charge in [0.1, 0.15) is 0 Å². The van der Waals surface area contributed by atoms with Crippen LogP contribution in [0.15, 0.2) is 31.0 Å². The molecule has 1 heterocycles. The minimum atomic E-state index is -0.0217. The van der Waals surface area contributed by atoms with E-state index in [4.69, 9.17) is 5.73 Å². The second-order valence-corrected chi connectivity index (χ2v) is 5.30. The zero-order valence-corrected chi connectivity index (χ0v) is 11.3. The molecule has 2 N–H and O–H groups in total. The third-order valence-electron chi connectivity index (χ3n) is 2.67. The Morgan fingerprint density at radius 1 is 1.47 bits per heavy atom. The second kappa shape index (κ2) is 5.32. The SMILES string of the molecule is C=CCN(c1ccc([C@H](C)N)nc1)C(C)(C)C. The van der Waals surface area contributed by atoms with E-state index in [-0.39, 0.29) is 11.6 Å². The predicted octanol–water partition coefficient (Wildman–Crippen LogP) is 2.89. The molecule has 1 aromatic heterocycles. The molecule has 0 aliphatic heterocycles. The zero-order valence-electron chi connectivity index (χ0n) is 11.3. The normalized spacial score (nSPS) is 13.2. The maximum Gasteiger partial charge on any atom is 0.0569 e. The number of pyridine rings is 1. The summed E-state index contributed by atoms with van der Waals surface area (Å²) in [7, 11) is 0. The van der Waals surface area contributed by atoms with Crippen molar-refractivity contribution in [1.29, 1.82) is 0 Å². The van der Waals surface area contributed by atoms with Gasteiger partial charge in [-0.1, -0.05) is 6.08 Å². The first kappa shape index (κ1) is 13.7. The largest absolute Gasteiger partial charge is 0.362 e. The first-order valence-electron chi connectivity index (χ1n) is 5.96. The van der Waals surface area contributed by atoms with Crippen molar-refractivity contribution in [3.8, 4) is 0 Å². The molecule has 0 fully saturated rings. The van der Waals surface area contributed by atoms with Crippen LogP contribution in [-0.2, 0) is 0 Å². The maximum absolute atomic E-state index is 5.79. The standard InChI is InChI=1S/C14H23N3/c1-6-9-17(14(3,4)5)12-7-8-13(11(2)15)16-10-12/h6-8,10-11H,1,9,15H2,2-5H3/t11-/m0/s1. The summed E-state index contributed by atoms with van der Waals surface area (Å²) >= 11 is 0. The summed E-state index contributed by atoms with van der Waals surface area (Å²) in [6.07, 6.45) is 3.79. The number of nitrogens with zero attached hydrogens (tertiary/aromatic N) is 2. The molecule has 0 aliphatic carbocycles. The fourth-order valence-electron chi connectivity index (χ4n) is 1.72. The van der Waals surface area contributed by atoms with Crippen LogP contribution in [0.2, 0.25) is 0 Å². The summed E-state index contributed by atoms with van der Waals surface area (Å²) in [5, 5.41) is 0. The molecule has 1 atom stereocenters. The summed E-state index contributed by atoms with van der Waals surface area (Å²) in [6, 6.07) is 4.04. The highest BCUT2D eigenvalue weighted by atomic mass is 15.2. The van der Waals surface area contributed by atoms with Gasteiger partial charge in [0.15, 0.2) is 0 Å². The van der Waals surface area contributed by atoms with Crippen LogP contribution in [0.3, 0.4) is 0 Å². The van der Waals surface area contributed by atoms with E-state index < -0.39 is 0 Å². The number of rotatable bonds is 4. The minimum absolute atomic E-state index is 0.0217. The Morgan fingerprint density at radius 3 is 2.47 bits per heavy atom. The number of anilines is 1. The number of nitrogens with two attached hydrogens (primary N) is 1. The van der Waals surface area contributed by atoms with Gasteiger partial charge in [0.05, 0.1) is 17.6 Å². The van der Waals surface area contributed by atoms with Gasteiger partial charge in [0, 0.05) is 18.1 Å². The molecule has 1 aromatic rings. The second-order valence-electron chi connectivity index (χ2n) is 5.30. The summed E-state index contributed by atoms with van der Waals surface area (Å²) < 4.78 is 0. The van der Waals surface area contributed by atoms with Crippen molar-refractivity contribution < 1.29 is 0 Å². The Bertz CT molecular complexity index is 360. The Balaban J connectivity index is 2.99. The molecule has 0 spiro atoms. The molecule has 0 aliphatic rings. The molecular formula is C14H23N3. The van der Waals surface area contributed by atoms with E-state index in [1.165, 1.54) is 0 Å². The topological polar surface area (TPSA) is 42.1 Å². The van der Waals surface area contributed by atoms with E-state index in [0.717, 1.165) is 17.9 Å². The first-order valence-corrected chi connectivity index (χ1v) is 5.96. The summed E-state index contributed by atoms with van der Waals surface area (Å²) in [5.74, 6) is 0. The van der Waals surface area contributed by atoms with Crippen molar-refractivity contribution in [3.63, 3.8) is 0 Å². The minimum Gasteiger partial charge on any atom is -0.362 e. The Labute approximate surface area is 104 Å². The predicted molar refractivity (Wildman–Crippen MR) is 74.1 cm³/mol. The fraction of sp³-hybridized carbons (Fsp3) is 0.500. The van der Waals surface area contributed by atoms with Crippen molar-refractivity contribution in [2.45, 2.75) is 39.3 Å². The van der Waals surface area contributed by atoms with Gasteiger partial charge < -0.3 is 10.6 Å². The monoisotopic (exact) mass is 233 g/mol. The van der Waals surface area contributed by atoms with Crippen LogP contribution < -0.4 is 10.6 Å². The van der Waals surface area contributed by atoms with Gasteiger partial charge in [-0.05, 0) is 39.8 Å². The number of aromatic nitrogens is 1. The van der Waals surface area contributed by atoms with Crippen LogP contribution >= 0.6 is 0 Å². The van der Waals surface area contributed by atoms with E-state index in [2.05, 4.69) is 43.3 Å². The van der Waals surface area contributed by atoms with E-state index in [0.29, 0.717) is 0 Å². The highest BCUT2D eigenvalue weighted by molar-refractivity contribution is 5.47. The Kier molecular flexibility index (Phi) is 4.29. The van der Waals surface area contributed by atoms with E-state index >= 15 is 0 Å². The summed E-state index contributed by atoms with van der Waals surface area (Å²) in [6.45, 7) is 13.1. The van der Waals surface area contributed by atoms with Gasteiger partial charge in [0.25, 0.3) is 0 Å². The van der Waals surface area contributed by atoms with E-state index in [1.54, 1.807) is 0 Å². The molecular weight excluding hydrogens is 210 g/mol. The molecule has 0 radical (unpaired) electrons. The highest BCUT2D eigenvalue weighted by Gasteiger charge is 2.20. The molecule has 17 heavy (non-hydrogen) atoms. The smallest absolute Gasteiger partial charge is 0.0569 e. The molecule has 0 aromatic carbocycles. The van der Waals surface area contributed by atoms with Gasteiger partial charge in [-0.15, -0.1) is 6.58 Å². The molecule has 3 heteroatoms. The number of hydrogen-bond acceptors (Lipinski definition) is 3. The first-order chi connectivity index (χ1) is 7.86. The average Bonchev–Trinajstić information content (AvgIpc) is 2.24. The molecule has 0 saturated heterocycles. The number of hydrogen-bond donors (Lipinski definition) is 1.